The average molecular weight is 330 g/mol. The van der Waals surface area contributed by atoms with E-state index in [-0.39, 0.29) is 0 Å². The van der Waals surface area contributed by atoms with E-state index in [1.165, 1.54) is 50.5 Å². The molecule has 1 saturated carbocycles. The van der Waals surface area contributed by atoms with E-state index in [9.17, 15) is 0 Å². The Morgan fingerprint density at radius 1 is 1.11 bits per heavy atom. The van der Waals surface area contributed by atoms with Crippen molar-refractivity contribution in [2.75, 3.05) is 0 Å². The molecule has 1 atom stereocenters. The zero-order valence-corrected chi connectivity index (χ0v) is 13.2. The summed E-state index contributed by atoms with van der Waals surface area (Å²) < 4.78 is 0. The largest absolute Gasteiger partial charge is 0.0887 e. The van der Waals surface area contributed by atoms with Gasteiger partial charge in [-0.25, -0.2) is 0 Å². The van der Waals surface area contributed by atoms with Crippen molar-refractivity contribution in [1.82, 2.24) is 0 Å². The fourth-order valence-corrected chi connectivity index (χ4v) is 3.63. The second kappa shape index (κ2) is 7.55. The topological polar surface area (TPSA) is 0 Å². The van der Waals surface area contributed by atoms with Gasteiger partial charge >= 0.3 is 0 Å². The number of halogens is 2. The van der Waals surface area contributed by atoms with E-state index in [1.807, 2.05) is 12.1 Å². The van der Waals surface area contributed by atoms with Gasteiger partial charge in [0.05, 0.1) is 0 Å². The predicted octanol–water partition coefficient (Wildman–Crippen LogP) is 6.01. The average Bonchev–Trinajstić information content (AvgIpc) is 2.40. The van der Waals surface area contributed by atoms with Gasteiger partial charge in [-0.05, 0) is 42.9 Å². The van der Waals surface area contributed by atoms with Gasteiger partial charge < -0.3 is 0 Å². The van der Waals surface area contributed by atoms with Crippen molar-refractivity contribution in [3.63, 3.8) is 0 Å². The SMILES string of the molecule is Clc1ccc(CC(Br)CCC2CCCCC2)cc1. The van der Waals surface area contributed by atoms with Crippen molar-refractivity contribution >= 4 is 27.5 Å². The van der Waals surface area contributed by atoms with E-state index < -0.39 is 0 Å². The van der Waals surface area contributed by atoms with Crippen molar-refractivity contribution in [3.8, 4) is 0 Å². The molecule has 0 N–H and O–H groups in total. The molecule has 1 aliphatic rings. The molecule has 18 heavy (non-hydrogen) atoms. The standard InChI is InChI=1S/C16H22BrCl/c17-15(9-6-13-4-2-1-3-5-13)12-14-7-10-16(18)11-8-14/h7-8,10-11,13,15H,1-6,9,12H2. The Morgan fingerprint density at radius 3 is 2.44 bits per heavy atom. The molecule has 0 heterocycles. The fraction of sp³-hybridized carbons (Fsp3) is 0.625. The first-order valence-corrected chi connectivity index (χ1v) is 8.42. The van der Waals surface area contributed by atoms with Gasteiger partial charge in [0.25, 0.3) is 0 Å². The van der Waals surface area contributed by atoms with Crippen molar-refractivity contribution in [1.29, 1.82) is 0 Å². The molecule has 0 aliphatic heterocycles. The molecule has 1 fully saturated rings. The number of hydrogen-bond acceptors (Lipinski definition) is 0. The van der Waals surface area contributed by atoms with Gasteiger partial charge in [-0.3, -0.25) is 0 Å². The molecule has 0 bridgehead atoms. The van der Waals surface area contributed by atoms with Gasteiger partial charge in [-0.1, -0.05) is 71.8 Å². The number of hydrogen-bond donors (Lipinski definition) is 0. The molecular formula is C16H22BrCl. The van der Waals surface area contributed by atoms with E-state index in [2.05, 4.69) is 28.1 Å². The van der Waals surface area contributed by atoms with E-state index in [0.717, 1.165) is 17.4 Å². The van der Waals surface area contributed by atoms with Gasteiger partial charge in [-0.2, -0.15) is 0 Å². The molecule has 0 radical (unpaired) electrons. The van der Waals surface area contributed by atoms with Crippen molar-refractivity contribution < 1.29 is 0 Å². The van der Waals surface area contributed by atoms with Crippen LogP contribution in [0.1, 0.15) is 50.5 Å². The molecule has 2 rings (SSSR count). The molecule has 0 saturated heterocycles. The van der Waals surface area contributed by atoms with Crippen LogP contribution in [0.15, 0.2) is 24.3 Å². The monoisotopic (exact) mass is 328 g/mol. The lowest BCUT2D eigenvalue weighted by Crippen LogP contribution is -2.10. The molecule has 0 aromatic heterocycles. The van der Waals surface area contributed by atoms with Crippen LogP contribution in [0.5, 0.6) is 0 Å². The van der Waals surface area contributed by atoms with Crippen LogP contribution in [-0.2, 0) is 6.42 Å². The summed E-state index contributed by atoms with van der Waals surface area (Å²) in [5, 5.41) is 0.826. The summed E-state index contributed by atoms with van der Waals surface area (Å²) in [7, 11) is 0. The van der Waals surface area contributed by atoms with Gasteiger partial charge in [0.2, 0.25) is 0 Å². The minimum absolute atomic E-state index is 0.612. The minimum atomic E-state index is 0.612. The highest BCUT2D eigenvalue weighted by Crippen LogP contribution is 2.29. The van der Waals surface area contributed by atoms with Crippen LogP contribution in [-0.4, -0.2) is 4.83 Å². The maximum absolute atomic E-state index is 5.90. The normalized spacial score (nSPS) is 18.8. The Hall–Kier alpha value is -0.0100. The summed E-state index contributed by atoms with van der Waals surface area (Å²) in [5.74, 6) is 0.990. The van der Waals surface area contributed by atoms with Crippen LogP contribution >= 0.6 is 27.5 Å². The van der Waals surface area contributed by atoms with E-state index >= 15 is 0 Å². The first kappa shape index (κ1) is 14.4. The highest BCUT2D eigenvalue weighted by atomic mass is 79.9. The Balaban J connectivity index is 1.71. The lowest BCUT2D eigenvalue weighted by atomic mass is 9.85. The molecular weight excluding hydrogens is 308 g/mol. The molecule has 1 aromatic rings. The van der Waals surface area contributed by atoms with Crippen molar-refractivity contribution in [3.05, 3.63) is 34.9 Å². The number of benzene rings is 1. The Kier molecular flexibility index (Phi) is 6.04. The van der Waals surface area contributed by atoms with Crippen LogP contribution in [0.2, 0.25) is 5.02 Å². The summed E-state index contributed by atoms with van der Waals surface area (Å²) in [6, 6.07) is 8.24. The van der Waals surface area contributed by atoms with E-state index in [0.29, 0.717) is 4.83 Å². The van der Waals surface area contributed by atoms with Crippen molar-refractivity contribution in [2.24, 2.45) is 5.92 Å². The summed E-state index contributed by atoms with van der Waals surface area (Å²) in [5.41, 5.74) is 1.38. The van der Waals surface area contributed by atoms with Gasteiger partial charge in [-0.15, -0.1) is 0 Å². The molecule has 2 heteroatoms. The molecule has 1 aliphatic carbocycles. The molecule has 100 valence electrons. The second-order valence-corrected chi connectivity index (χ2v) is 7.24. The third kappa shape index (κ3) is 4.93. The summed E-state index contributed by atoms with van der Waals surface area (Å²) in [6.07, 6.45) is 11.1. The van der Waals surface area contributed by atoms with Gasteiger partial charge in [0.1, 0.15) is 0 Å². The van der Waals surface area contributed by atoms with Crippen LogP contribution in [0.25, 0.3) is 0 Å². The number of rotatable bonds is 5. The van der Waals surface area contributed by atoms with E-state index in [4.69, 9.17) is 11.6 Å². The minimum Gasteiger partial charge on any atom is -0.0887 e. The third-order valence-corrected chi connectivity index (χ3v) is 5.02. The maximum atomic E-state index is 5.90. The highest BCUT2D eigenvalue weighted by Gasteiger charge is 2.15. The summed E-state index contributed by atoms with van der Waals surface area (Å²) >= 11 is 9.73. The molecule has 1 aromatic carbocycles. The predicted molar refractivity (Wildman–Crippen MR) is 83.7 cm³/mol. The second-order valence-electron chi connectivity index (χ2n) is 5.51. The first-order valence-electron chi connectivity index (χ1n) is 7.12. The van der Waals surface area contributed by atoms with Crippen molar-refractivity contribution in [2.45, 2.75) is 56.2 Å². The Bertz CT molecular complexity index is 341. The molecule has 1 unspecified atom stereocenters. The molecule has 0 spiro atoms. The van der Waals surface area contributed by atoms with Crippen LogP contribution < -0.4 is 0 Å². The maximum Gasteiger partial charge on any atom is 0.0406 e. The highest BCUT2D eigenvalue weighted by molar-refractivity contribution is 9.09. The van der Waals surface area contributed by atoms with Gasteiger partial charge in [0, 0.05) is 9.85 Å². The lowest BCUT2D eigenvalue weighted by Gasteiger charge is -2.22. The van der Waals surface area contributed by atoms with E-state index in [1.54, 1.807) is 0 Å². The Morgan fingerprint density at radius 2 is 1.78 bits per heavy atom. The van der Waals surface area contributed by atoms with Crippen LogP contribution in [0, 0.1) is 5.92 Å². The zero-order valence-electron chi connectivity index (χ0n) is 10.9. The summed E-state index contributed by atoms with van der Waals surface area (Å²) in [4.78, 5) is 0.612. The third-order valence-electron chi connectivity index (χ3n) is 3.98. The molecule has 0 nitrogen and oxygen atoms in total. The molecule has 0 amide bonds. The fourth-order valence-electron chi connectivity index (χ4n) is 2.87. The smallest absolute Gasteiger partial charge is 0.0406 e. The van der Waals surface area contributed by atoms with Crippen LogP contribution in [0.3, 0.4) is 0 Å². The van der Waals surface area contributed by atoms with Crippen LogP contribution in [0.4, 0.5) is 0 Å². The lowest BCUT2D eigenvalue weighted by molar-refractivity contribution is 0.331. The quantitative estimate of drug-likeness (QED) is 0.581. The zero-order chi connectivity index (χ0) is 12.8. The van der Waals surface area contributed by atoms with Gasteiger partial charge in [0.15, 0.2) is 0 Å². The summed E-state index contributed by atoms with van der Waals surface area (Å²) in [6.45, 7) is 0. The number of alkyl halides is 1. The first-order chi connectivity index (χ1) is 8.74. The Labute approximate surface area is 124 Å².